The van der Waals surface area contributed by atoms with E-state index in [-0.39, 0.29) is 0 Å². The van der Waals surface area contributed by atoms with Crippen LogP contribution in [0.1, 0.15) is 12.0 Å². The molecule has 108 valence electrons. The zero-order valence-corrected chi connectivity index (χ0v) is 13.1. The van der Waals surface area contributed by atoms with Gasteiger partial charge in [-0.15, -0.1) is 0 Å². The molecule has 0 spiro atoms. The molecule has 1 aromatic carbocycles. The van der Waals surface area contributed by atoms with Crippen molar-refractivity contribution in [3.63, 3.8) is 0 Å². The molecule has 0 saturated carbocycles. The van der Waals surface area contributed by atoms with Gasteiger partial charge in [-0.3, -0.25) is 0 Å². The summed E-state index contributed by atoms with van der Waals surface area (Å²) in [6, 6.07) is 5.92. The third kappa shape index (κ3) is 6.27. The van der Waals surface area contributed by atoms with E-state index >= 15 is 0 Å². The highest BCUT2D eigenvalue weighted by atomic mass is 79.9. The van der Waals surface area contributed by atoms with Gasteiger partial charge in [0, 0.05) is 25.5 Å². The monoisotopic (exact) mass is 332 g/mol. The van der Waals surface area contributed by atoms with Gasteiger partial charge in [-0.1, -0.05) is 22.0 Å². The minimum Gasteiger partial charge on any atom is -0.493 e. The number of methoxy groups -OCH3 is 2. The SMILES string of the molecule is COCCOCCCOc1ccc(CBr)cc1OC. The van der Waals surface area contributed by atoms with Crippen LogP contribution in [0.25, 0.3) is 0 Å². The van der Waals surface area contributed by atoms with Crippen molar-refractivity contribution in [2.24, 2.45) is 0 Å². The van der Waals surface area contributed by atoms with E-state index in [9.17, 15) is 0 Å². The average Bonchev–Trinajstić information content (AvgIpc) is 2.46. The first-order valence-corrected chi connectivity index (χ1v) is 7.36. The number of rotatable bonds is 10. The molecule has 0 saturated heterocycles. The van der Waals surface area contributed by atoms with Crippen LogP contribution in [0.15, 0.2) is 18.2 Å². The van der Waals surface area contributed by atoms with Crippen LogP contribution in [0.3, 0.4) is 0 Å². The first-order chi connectivity index (χ1) is 9.31. The number of benzene rings is 1. The van der Waals surface area contributed by atoms with Gasteiger partial charge >= 0.3 is 0 Å². The molecule has 0 fully saturated rings. The molecule has 0 radical (unpaired) electrons. The van der Waals surface area contributed by atoms with Crippen LogP contribution in [0.2, 0.25) is 0 Å². The van der Waals surface area contributed by atoms with Gasteiger partial charge in [-0.2, -0.15) is 0 Å². The smallest absolute Gasteiger partial charge is 0.161 e. The number of halogens is 1. The highest BCUT2D eigenvalue weighted by Gasteiger charge is 2.05. The van der Waals surface area contributed by atoms with Gasteiger partial charge in [0.25, 0.3) is 0 Å². The Morgan fingerprint density at radius 2 is 1.84 bits per heavy atom. The molecule has 0 aliphatic carbocycles. The fourth-order valence-electron chi connectivity index (χ4n) is 1.50. The summed E-state index contributed by atoms with van der Waals surface area (Å²) in [7, 11) is 3.31. The Morgan fingerprint density at radius 3 is 2.53 bits per heavy atom. The van der Waals surface area contributed by atoms with Gasteiger partial charge in [-0.05, 0) is 17.7 Å². The molecule has 0 aliphatic heterocycles. The lowest BCUT2D eigenvalue weighted by Gasteiger charge is -2.11. The topological polar surface area (TPSA) is 36.9 Å². The quantitative estimate of drug-likeness (QED) is 0.487. The predicted octanol–water partition coefficient (Wildman–Crippen LogP) is 3.02. The molecule has 0 aromatic heterocycles. The van der Waals surface area contributed by atoms with Crippen LogP contribution in [0.4, 0.5) is 0 Å². The Hall–Kier alpha value is -0.780. The minimum atomic E-state index is 0.608. The van der Waals surface area contributed by atoms with Crippen molar-refractivity contribution in [2.45, 2.75) is 11.8 Å². The summed E-state index contributed by atoms with van der Waals surface area (Å²) in [5.74, 6) is 1.53. The van der Waals surface area contributed by atoms with Crippen molar-refractivity contribution < 1.29 is 18.9 Å². The molecule has 0 amide bonds. The molecular weight excluding hydrogens is 312 g/mol. The maximum Gasteiger partial charge on any atom is 0.161 e. The van der Waals surface area contributed by atoms with E-state index in [2.05, 4.69) is 15.9 Å². The van der Waals surface area contributed by atoms with Crippen LogP contribution in [0.5, 0.6) is 11.5 Å². The number of hydrogen-bond donors (Lipinski definition) is 0. The molecule has 1 rings (SSSR count). The van der Waals surface area contributed by atoms with Gasteiger partial charge in [0.05, 0.1) is 26.9 Å². The fourth-order valence-corrected chi connectivity index (χ4v) is 1.85. The summed E-state index contributed by atoms with van der Waals surface area (Å²) >= 11 is 3.42. The normalized spacial score (nSPS) is 10.5. The van der Waals surface area contributed by atoms with Crippen molar-refractivity contribution in [2.75, 3.05) is 40.6 Å². The van der Waals surface area contributed by atoms with E-state index in [1.807, 2.05) is 18.2 Å². The Morgan fingerprint density at radius 1 is 1.00 bits per heavy atom. The molecule has 5 heteroatoms. The molecule has 1 aromatic rings. The molecule has 0 atom stereocenters. The van der Waals surface area contributed by atoms with E-state index < -0.39 is 0 Å². The summed E-state index contributed by atoms with van der Waals surface area (Å²) in [5, 5.41) is 0.803. The van der Waals surface area contributed by atoms with E-state index in [1.165, 1.54) is 0 Å². The largest absolute Gasteiger partial charge is 0.493 e. The molecule has 0 unspecified atom stereocenters. The molecule has 19 heavy (non-hydrogen) atoms. The highest BCUT2D eigenvalue weighted by molar-refractivity contribution is 9.08. The van der Waals surface area contributed by atoms with Crippen LogP contribution in [0, 0.1) is 0 Å². The second-order valence-corrected chi connectivity index (χ2v) is 4.49. The van der Waals surface area contributed by atoms with Crippen molar-refractivity contribution >= 4 is 15.9 Å². The van der Waals surface area contributed by atoms with Crippen molar-refractivity contribution in [1.82, 2.24) is 0 Å². The zero-order valence-electron chi connectivity index (χ0n) is 11.5. The number of alkyl halides is 1. The molecular formula is C14H21BrO4. The Kier molecular flexibility index (Phi) is 8.62. The van der Waals surface area contributed by atoms with Crippen molar-refractivity contribution in [3.8, 4) is 11.5 Å². The van der Waals surface area contributed by atoms with E-state index in [0.29, 0.717) is 26.4 Å². The van der Waals surface area contributed by atoms with E-state index in [4.69, 9.17) is 18.9 Å². The van der Waals surface area contributed by atoms with Gasteiger partial charge in [-0.25, -0.2) is 0 Å². The van der Waals surface area contributed by atoms with E-state index in [0.717, 1.165) is 28.8 Å². The van der Waals surface area contributed by atoms with Gasteiger partial charge in [0.15, 0.2) is 11.5 Å². The first kappa shape index (κ1) is 16.3. The van der Waals surface area contributed by atoms with E-state index in [1.54, 1.807) is 14.2 Å². The second-order valence-electron chi connectivity index (χ2n) is 3.93. The summed E-state index contributed by atoms with van der Waals surface area (Å²) in [6.45, 7) is 2.53. The predicted molar refractivity (Wildman–Crippen MR) is 78.4 cm³/mol. The van der Waals surface area contributed by atoms with Gasteiger partial charge in [0.2, 0.25) is 0 Å². The standard InChI is InChI=1S/C14H21BrO4/c1-16-8-9-18-6-3-7-19-13-5-4-12(11-15)10-14(13)17-2/h4-5,10H,3,6-9,11H2,1-2H3. The highest BCUT2D eigenvalue weighted by Crippen LogP contribution is 2.28. The number of hydrogen-bond acceptors (Lipinski definition) is 4. The molecule has 0 aliphatic rings. The maximum atomic E-state index is 5.68. The van der Waals surface area contributed by atoms with Crippen molar-refractivity contribution in [1.29, 1.82) is 0 Å². The Balaban J connectivity index is 2.28. The minimum absolute atomic E-state index is 0.608. The summed E-state index contributed by atoms with van der Waals surface area (Å²) in [5.41, 5.74) is 1.16. The lowest BCUT2D eigenvalue weighted by atomic mass is 10.2. The van der Waals surface area contributed by atoms with Gasteiger partial charge < -0.3 is 18.9 Å². The molecule has 0 heterocycles. The van der Waals surface area contributed by atoms with Gasteiger partial charge in [0.1, 0.15) is 0 Å². The Labute approximate surface area is 123 Å². The molecule has 0 N–H and O–H groups in total. The third-order valence-corrected chi connectivity index (χ3v) is 3.15. The van der Waals surface area contributed by atoms with Crippen LogP contribution < -0.4 is 9.47 Å². The van der Waals surface area contributed by atoms with Crippen LogP contribution >= 0.6 is 15.9 Å². The lowest BCUT2D eigenvalue weighted by molar-refractivity contribution is 0.0643. The van der Waals surface area contributed by atoms with Crippen molar-refractivity contribution in [3.05, 3.63) is 23.8 Å². The van der Waals surface area contributed by atoms with Crippen LogP contribution in [-0.4, -0.2) is 40.6 Å². The molecule has 4 nitrogen and oxygen atoms in total. The lowest BCUT2D eigenvalue weighted by Crippen LogP contribution is -2.07. The zero-order chi connectivity index (χ0) is 13.9. The Bertz CT molecular complexity index is 357. The number of ether oxygens (including phenoxy) is 4. The summed E-state index contributed by atoms with van der Waals surface area (Å²) in [6.07, 6.45) is 0.840. The maximum absolute atomic E-state index is 5.68. The summed E-state index contributed by atoms with van der Waals surface area (Å²) in [4.78, 5) is 0. The van der Waals surface area contributed by atoms with Crippen LogP contribution in [-0.2, 0) is 14.8 Å². The second kappa shape index (κ2) is 10.1. The average molecular weight is 333 g/mol. The third-order valence-electron chi connectivity index (χ3n) is 2.50. The fraction of sp³-hybridized carbons (Fsp3) is 0.571. The summed E-state index contributed by atoms with van der Waals surface area (Å²) < 4.78 is 21.2. The first-order valence-electron chi connectivity index (χ1n) is 6.24. The molecule has 0 bridgehead atoms.